The molecule has 0 radical (unpaired) electrons. The van der Waals surface area contributed by atoms with Gasteiger partial charge in [0, 0.05) is 29.4 Å². The van der Waals surface area contributed by atoms with Crippen LogP contribution >= 0.6 is 15.9 Å². The van der Waals surface area contributed by atoms with Crippen LogP contribution in [0.5, 0.6) is 5.75 Å². The van der Waals surface area contributed by atoms with Crippen LogP contribution in [0.15, 0.2) is 36.5 Å². The zero-order chi connectivity index (χ0) is 17.2. The number of aromatic nitrogens is 1. The number of pyridine rings is 1. The van der Waals surface area contributed by atoms with Crippen molar-refractivity contribution < 1.29 is 13.9 Å². The molecule has 0 unspecified atom stereocenters. The molecule has 1 aromatic heterocycles. The van der Waals surface area contributed by atoms with Gasteiger partial charge in [-0.3, -0.25) is 9.18 Å². The number of halogens is 2. The van der Waals surface area contributed by atoms with Gasteiger partial charge in [-0.15, -0.1) is 0 Å². The number of anilines is 2. The first-order valence-electron chi connectivity index (χ1n) is 6.81. The minimum absolute atomic E-state index is 0.0812. The van der Waals surface area contributed by atoms with Gasteiger partial charge in [0.05, 0.1) is 19.1 Å². The number of ketones is 1. The van der Waals surface area contributed by atoms with Crippen molar-refractivity contribution in [1.29, 1.82) is 0 Å². The van der Waals surface area contributed by atoms with Gasteiger partial charge in [-0.25, -0.2) is 4.98 Å². The predicted octanol–water partition coefficient (Wildman–Crippen LogP) is 3.03. The molecule has 0 aliphatic heterocycles. The second kappa shape index (κ2) is 9.78. The van der Waals surface area contributed by atoms with Crippen molar-refractivity contribution in [1.82, 2.24) is 4.98 Å². The molecule has 0 aliphatic rings. The van der Waals surface area contributed by atoms with Crippen LogP contribution in [0.1, 0.15) is 15.9 Å². The molecule has 0 fully saturated rings. The smallest absolute Gasteiger partial charge is 0.173 e. The van der Waals surface area contributed by atoms with Crippen molar-refractivity contribution >= 4 is 33.2 Å². The Bertz CT molecular complexity index is 615. The number of ether oxygens (including phenoxy) is 1. The molecule has 0 saturated heterocycles. The van der Waals surface area contributed by atoms with E-state index in [-0.39, 0.29) is 12.2 Å². The lowest BCUT2D eigenvalue weighted by atomic mass is 10.1. The second-order valence-electron chi connectivity index (χ2n) is 4.49. The molecule has 5 nitrogen and oxygen atoms in total. The number of carbonyl (C=O) groups is 1. The van der Waals surface area contributed by atoms with Gasteiger partial charge >= 0.3 is 0 Å². The van der Waals surface area contributed by atoms with E-state index in [1.165, 1.54) is 6.20 Å². The maximum atomic E-state index is 11.9. The molecular weight excluding hydrogens is 365 g/mol. The Morgan fingerprint density at radius 3 is 2.39 bits per heavy atom. The number of benzene rings is 1. The third-order valence-electron chi connectivity index (χ3n) is 3.00. The fraction of sp³-hybridized carbons (Fsp3) is 0.250. The number of Topliss-reactive ketones (excluding diaryl/α,β-unsaturated/α-hetero) is 1. The molecule has 2 aromatic rings. The fourth-order valence-corrected chi connectivity index (χ4v) is 2.07. The molecule has 0 saturated carbocycles. The van der Waals surface area contributed by atoms with Crippen molar-refractivity contribution in [2.45, 2.75) is 6.42 Å². The highest BCUT2D eigenvalue weighted by Crippen LogP contribution is 2.16. The van der Waals surface area contributed by atoms with Crippen molar-refractivity contribution in [3.05, 3.63) is 47.7 Å². The van der Waals surface area contributed by atoms with E-state index < -0.39 is 6.67 Å². The molecule has 0 bridgehead atoms. The number of nitrogen functional groups attached to an aromatic ring is 2. The highest BCUT2D eigenvalue weighted by atomic mass is 79.9. The lowest BCUT2D eigenvalue weighted by molar-refractivity contribution is 0.102. The zero-order valence-electron chi connectivity index (χ0n) is 12.8. The molecule has 7 heteroatoms. The molecule has 23 heavy (non-hydrogen) atoms. The van der Waals surface area contributed by atoms with E-state index in [4.69, 9.17) is 16.2 Å². The normalized spacial score (nSPS) is 9.70. The van der Waals surface area contributed by atoms with E-state index in [9.17, 15) is 9.18 Å². The summed E-state index contributed by atoms with van der Waals surface area (Å²) in [6.45, 7) is -0.458. The van der Waals surface area contributed by atoms with Gasteiger partial charge in [-0.1, -0.05) is 15.9 Å². The van der Waals surface area contributed by atoms with E-state index in [1.807, 2.05) is 0 Å². The summed E-state index contributed by atoms with van der Waals surface area (Å²) in [5.41, 5.74) is 12.8. The number of hydrogen-bond donors (Lipinski definition) is 2. The summed E-state index contributed by atoms with van der Waals surface area (Å²) < 4.78 is 16.9. The molecule has 0 spiro atoms. The molecule has 2 rings (SSSR count). The summed E-state index contributed by atoms with van der Waals surface area (Å²) >= 11 is 3.11. The van der Waals surface area contributed by atoms with Crippen LogP contribution in [0, 0.1) is 0 Å². The van der Waals surface area contributed by atoms with Gasteiger partial charge in [0.25, 0.3) is 0 Å². The third-order valence-corrected chi connectivity index (χ3v) is 3.51. The summed E-state index contributed by atoms with van der Waals surface area (Å²) in [6.07, 6.45) is 1.75. The van der Waals surface area contributed by atoms with E-state index in [2.05, 4.69) is 20.9 Å². The topological polar surface area (TPSA) is 91.2 Å². The van der Waals surface area contributed by atoms with Crippen LogP contribution in [-0.2, 0) is 6.42 Å². The number of rotatable bonds is 5. The summed E-state index contributed by atoms with van der Waals surface area (Å²) in [5.74, 6) is 1.17. The van der Waals surface area contributed by atoms with Gasteiger partial charge in [-0.05, 0) is 30.3 Å². The average Bonchev–Trinajstić information content (AvgIpc) is 2.58. The quantitative estimate of drug-likeness (QED) is 0.611. The van der Waals surface area contributed by atoms with Crippen LogP contribution in [0.3, 0.4) is 0 Å². The van der Waals surface area contributed by atoms with Crippen molar-refractivity contribution in [3.63, 3.8) is 0 Å². The minimum atomic E-state index is -0.458. The Balaban J connectivity index is 0.000000231. The summed E-state index contributed by atoms with van der Waals surface area (Å²) in [5, 5.41) is 0.360. The Kier molecular flexibility index (Phi) is 8.04. The Labute approximate surface area is 143 Å². The summed E-state index contributed by atoms with van der Waals surface area (Å²) in [7, 11) is 1.60. The first-order chi connectivity index (χ1) is 11.0. The zero-order valence-corrected chi connectivity index (χ0v) is 14.3. The largest absolute Gasteiger partial charge is 0.497 e. The summed E-state index contributed by atoms with van der Waals surface area (Å²) in [4.78, 5) is 14.9. The fourth-order valence-electron chi connectivity index (χ4n) is 1.75. The molecule has 0 aliphatic carbocycles. The Hall–Kier alpha value is -2.15. The predicted molar refractivity (Wildman–Crippen MR) is 93.9 cm³/mol. The van der Waals surface area contributed by atoms with Gasteiger partial charge in [0.2, 0.25) is 0 Å². The van der Waals surface area contributed by atoms with Crippen LogP contribution in [0.25, 0.3) is 0 Å². The van der Waals surface area contributed by atoms with E-state index in [1.54, 1.807) is 37.4 Å². The lowest BCUT2D eigenvalue weighted by Crippen LogP contribution is -2.02. The second-order valence-corrected chi connectivity index (χ2v) is 5.05. The first-order valence-corrected chi connectivity index (χ1v) is 7.93. The number of hydrogen-bond acceptors (Lipinski definition) is 5. The van der Waals surface area contributed by atoms with E-state index >= 15 is 0 Å². The van der Waals surface area contributed by atoms with Gasteiger partial charge < -0.3 is 16.2 Å². The van der Waals surface area contributed by atoms with E-state index in [0.29, 0.717) is 28.0 Å². The number of carbonyl (C=O) groups excluding carboxylic acids is 1. The molecule has 1 heterocycles. The highest BCUT2D eigenvalue weighted by Gasteiger charge is 2.03. The number of nitrogens with two attached hydrogens (primary N) is 2. The average molecular weight is 384 g/mol. The molecule has 4 N–H and O–H groups in total. The molecular formula is C16H19BrFN3O2. The molecule has 0 amide bonds. The van der Waals surface area contributed by atoms with Crippen LogP contribution in [0.4, 0.5) is 15.9 Å². The lowest BCUT2D eigenvalue weighted by Gasteiger charge is -2.04. The van der Waals surface area contributed by atoms with E-state index in [0.717, 1.165) is 5.75 Å². The SMILES string of the molecule is COc1ccc(C(=O)CBr)cc1.Nc1ccnc(N)c1CCF. The van der Waals surface area contributed by atoms with Crippen LogP contribution < -0.4 is 16.2 Å². The van der Waals surface area contributed by atoms with Gasteiger partial charge in [0.15, 0.2) is 5.78 Å². The Morgan fingerprint density at radius 2 is 1.91 bits per heavy atom. The maximum Gasteiger partial charge on any atom is 0.173 e. The third kappa shape index (κ3) is 5.86. The molecule has 1 aromatic carbocycles. The van der Waals surface area contributed by atoms with Crippen molar-refractivity contribution in [3.8, 4) is 5.75 Å². The monoisotopic (exact) mass is 383 g/mol. The van der Waals surface area contributed by atoms with Gasteiger partial charge in [-0.2, -0.15) is 0 Å². The minimum Gasteiger partial charge on any atom is -0.497 e. The molecule has 124 valence electrons. The first kappa shape index (κ1) is 18.9. The number of alkyl halides is 2. The maximum absolute atomic E-state index is 11.9. The van der Waals surface area contributed by atoms with Crippen LogP contribution in [-0.4, -0.2) is 29.9 Å². The summed E-state index contributed by atoms with van der Waals surface area (Å²) in [6, 6.07) is 8.66. The Morgan fingerprint density at radius 1 is 1.26 bits per heavy atom. The van der Waals surface area contributed by atoms with Crippen molar-refractivity contribution in [2.75, 3.05) is 30.6 Å². The number of methoxy groups -OCH3 is 1. The standard InChI is InChI=1S/C9H9BrO2.C7H10FN3/c1-12-8-4-2-7(3-5-8)9(11)6-10;8-3-1-5-6(9)2-4-11-7(5)10/h2-5H,6H2,1H3;2,4H,1,3H2,(H4,9,10,11). The highest BCUT2D eigenvalue weighted by molar-refractivity contribution is 9.09. The van der Waals surface area contributed by atoms with Crippen molar-refractivity contribution in [2.24, 2.45) is 0 Å². The molecule has 0 atom stereocenters. The number of nitrogens with zero attached hydrogens (tertiary/aromatic N) is 1. The van der Waals surface area contributed by atoms with Gasteiger partial charge in [0.1, 0.15) is 11.6 Å². The van der Waals surface area contributed by atoms with Crippen LogP contribution in [0.2, 0.25) is 0 Å².